The van der Waals surface area contributed by atoms with Crippen LogP contribution in [0.1, 0.15) is 38.4 Å². The lowest BCUT2D eigenvalue weighted by Gasteiger charge is -2.18. The molecule has 1 aromatic rings. The molecule has 1 amide bonds. The highest BCUT2D eigenvalue weighted by Gasteiger charge is 2.14. The highest BCUT2D eigenvalue weighted by molar-refractivity contribution is 5.81. The first-order valence-electron chi connectivity index (χ1n) is 6.18. The van der Waals surface area contributed by atoms with E-state index in [0.29, 0.717) is 24.7 Å². The number of carbonyl (C=O) groups is 1. The summed E-state index contributed by atoms with van der Waals surface area (Å²) in [5.41, 5.74) is 0. The van der Waals surface area contributed by atoms with E-state index in [-0.39, 0.29) is 17.9 Å². The van der Waals surface area contributed by atoms with Crippen LogP contribution < -0.4 is 5.32 Å². The molecule has 0 aliphatic carbocycles. The fourth-order valence-electron chi connectivity index (χ4n) is 1.28. The van der Waals surface area contributed by atoms with Crippen molar-refractivity contribution in [2.75, 3.05) is 20.6 Å². The Balaban J connectivity index is 2.35. The molecule has 0 saturated carbocycles. The van der Waals surface area contributed by atoms with Crippen molar-refractivity contribution in [3.05, 3.63) is 11.7 Å². The minimum Gasteiger partial charge on any atom is -0.354 e. The van der Waals surface area contributed by atoms with Gasteiger partial charge in [-0.2, -0.15) is 4.98 Å². The third-order valence-electron chi connectivity index (χ3n) is 2.78. The molecule has 1 unspecified atom stereocenters. The molecule has 0 aliphatic heterocycles. The Morgan fingerprint density at radius 1 is 1.39 bits per heavy atom. The number of rotatable bonds is 6. The normalized spacial score (nSPS) is 13.1. The van der Waals surface area contributed by atoms with E-state index in [0.717, 1.165) is 0 Å². The molecule has 1 rings (SSSR count). The van der Waals surface area contributed by atoms with Gasteiger partial charge >= 0.3 is 0 Å². The Hall–Kier alpha value is -1.43. The number of nitrogens with zero attached hydrogens (tertiary/aromatic N) is 3. The Kier molecular flexibility index (Phi) is 5.27. The van der Waals surface area contributed by atoms with E-state index in [1.807, 2.05) is 39.8 Å². The molecule has 102 valence electrons. The largest absolute Gasteiger partial charge is 0.354 e. The highest BCUT2D eigenvalue weighted by Crippen LogP contribution is 2.10. The van der Waals surface area contributed by atoms with Crippen molar-refractivity contribution in [1.82, 2.24) is 20.4 Å². The van der Waals surface area contributed by atoms with Gasteiger partial charge in [0.05, 0.1) is 6.04 Å². The van der Waals surface area contributed by atoms with Crippen molar-refractivity contribution < 1.29 is 9.32 Å². The molecule has 18 heavy (non-hydrogen) atoms. The second-order valence-corrected chi connectivity index (χ2v) is 4.88. The van der Waals surface area contributed by atoms with E-state index in [4.69, 9.17) is 4.52 Å². The van der Waals surface area contributed by atoms with Gasteiger partial charge in [0, 0.05) is 18.9 Å². The zero-order chi connectivity index (χ0) is 13.7. The number of amides is 1. The molecule has 0 saturated heterocycles. The van der Waals surface area contributed by atoms with Gasteiger partial charge in [-0.3, -0.25) is 9.69 Å². The maximum absolute atomic E-state index is 11.7. The van der Waals surface area contributed by atoms with Crippen LogP contribution in [0, 0.1) is 0 Å². The summed E-state index contributed by atoms with van der Waals surface area (Å²) >= 11 is 0. The average Bonchev–Trinajstić information content (AvgIpc) is 2.76. The molecule has 6 nitrogen and oxygen atoms in total. The quantitative estimate of drug-likeness (QED) is 0.813. The van der Waals surface area contributed by atoms with E-state index in [2.05, 4.69) is 15.5 Å². The average molecular weight is 254 g/mol. The van der Waals surface area contributed by atoms with Gasteiger partial charge in [0.1, 0.15) is 0 Å². The van der Waals surface area contributed by atoms with Crippen LogP contribution in [0.4, 0.5) is 0 Å². The van der Waals surface area contributed by atoms with Crippen LogP contribution in [0.2, 0.25) is 0 Å². The Morgan fingerprint density at radius 3 is 2.56 bits per heavy atom. The topological polar surface area (TPSA) is 71.3 Å². The third kappa shape index (κ3) is 4.10. The molecule has 0 aliphatic rings. The third-order valence-corrected chi connectivity index (χ3v) is 2.78. The number of hydrogen-bond acceptors (Lipinski definition) is 5. The standard InChI is InChI=1S/C12H22N4O2/c1-8(2)12-14-10(15-18-12)6-7-13-11(17)9(3)16(4)5/h8-9H,6-7H2,1-5H3,(H,13,17). The number of hydrogen-bond donors (Lipinski definition) is 1. The van der Waals surface area contributed by atoms with Crippen molar-refractivity contribution in [3.8, 4) is 0 Å². The maximum Gasteiger partial charge on any atom is 0.237 e. The molecular formula is C12H22N4O2. The van der Waals surface area contributed by atoms with E-state index in [1.165, 1.54) is 0 Å². The van der Waals surface area contributed by atoms with E-state index in [1.54, 1.807) is 0 Å². The summed E-state index contributed by atoms with van der Waals surface area (Å²) in [6.45, 7) is 6.38. The number of carbonyl (C=O) groups excluding carboxylic acids is 1. The monoisotopic (exact) mass is 254 g/mol. The van der Waals surface area contributed by atoms with Gasteiger partial charge in [0.15, 0.2) is 5.82 Å². The van der Waals surface area contributed by atoms with Gasteiger partial charge < -0.3 is 9.84 Å². The van der Waals surface area contributed by atoms with Crippen molar-refractivity contribution in [2.45, 2.75) is 39.2 Å². The van der Waals surface area contributed by atoms with Crippen LogP contribution >= 0.6 is 0 Å². The van der Waals surface area contributed by atoms with Gasteiger partial charge in [-0.15, -0.1) is 0 Å². The molecule has 1 heterocycles. The molecule has 1 N–H and O–H groups in total. The molecule has 0 fully saturated rings. The molecular weight excluding hydrogens is 232 g/mol. The number of likely N-dealkylation sites (N-methyl/N-ethyl adjacent to an activating group) is 1. The van der Waals surface area contributed by atoms with Crippen LogP contribution in [0.25, 0.3) is 0 Å². The second-order valence-electron chi connectivity index (χ2n) is 4.88. The summed E-state index contributed by atoms with van der Waals surface area (Å²) in [7, 11) is 3.75. The summed E-state index contributed by atoms with van der Waals surface area (Å²) in [4.78, 5) is 17.8. The van der Waals surface area contributed by atoms with Crippen molar-refractivity contribution in [2.24, 2.45) is 0 Å². The summed E-state index contributed by atoms with van der Waals surface area (Å²) < 4.78 is 5.09. The van der Waals surface area contributed by atoms with Gasteiger partial charge in [0.25, 0.3) is 0 Å². The molecule has 0 aromatic carbocycles. The fourth-order valence-corrected chi connectivity index (χ4v) is 1.28. The molecule has 1 atom stereocenters. The number of aromatic nitrogens is 2. The van der Waals surface area contributed by atoms with Crippen molar-refractivity contribution in [3.63, 3.8) is 0 Å². The van der Waals surface area contributed by atoms with Gasteiger partial charge in [-0.1, -0.05) is 19.0 Å². The summed E-state index contributed by atoms with van der Waals surface area (Å²) in [5, 5.41) is 6.71. The lowest BCUT2D eigenvalue weighted by molar-refractivity contribution is -0.124. The van der Waals surface area contributed by atoms with Gasteiger partial charge in [0.2, 0.25) is 11.8 Å². The fraction of sp³-hybridized carbons (Fsp3) is 0.750. The van der Waals surface area contributed by atoms with Crippen LogP contribution in [-0.4, -0.2) is 47.6 Å². The highest BCUT2D eigenvalue weighted by atomic mass is 16.5. The van der Waals surface area contributed by atoms with Crippen molar-refractivity contribution in [1.29, 1.82) is 0 Å². The predicted molar refractivity (Wildman–Crippen MR) is 68.2 cm³/mol. The molecule has 6 heteroatoms. The van der Waals surface area contributed by atoms with Crippen molar-refractivity contribution >= 4 is 5.91 Å². The predicted octanol–water partition coefficient (Wildman–Crippen LogP) is 0.802. The molecule has 0 spiro atoms. The lowest BCUT2D eigenvalue weighted by Crippen LogP contribution is -2.42. The second kappa shape index (κ2) is 6.49. The minimum atomic E-state index is -0.138. The first-order valence-corrected chi connectivity index (χ1v) is 6.18. The summed E-state index contributed by atoms with van der Waals surface area (Å²) in [5.74, 6) is 1.51. The van der Waals surface area contributed by atoms with E-state index in [9.17, 15) is 4.79 Å². The number of nitrogens with one attached hydrogen (secondary N) is 1. The molecule has 1 aromatic heterocycles. The van der Waals surface area contributed by atoms with Gasteiger partial charge in [-0.25, -0.2) is 0 Å². The lowest BCUT2D eigenvalue weighted by atomic mass is 10.2. The molecule has 0 radical (unpaired) electrons. The first-order chi connectivity index (χ1) is 8.41. The van der Waals surface area contributed by atoms with Crippen LogP contribution in [-0.2, 0) is 11.2 Å². The Morgan fingerprint density at radius 2 is 2.06 bits per heavy atom. The van der Waals surface area contributed by atoms with Crippen LogP contribution in [0.3, 0.4) is 0 Å². The zero-order valence-corrected chi connectivity index (χ0v) is 11.7. The summed E-state index contributed by atoms with van der Waals surface area (Å²) in [6.07, 6.45) is 0.585. The Labute approximate surface area is 108 Å². The SMILES string of the molecule is CC(C)c1nc(CCNC(=O)C(C)N(C)C)no1. The first kappa shape index (κ1) is 14.6. The van der Waals surface area contributed by atoms with Crippen LogP contribution in [0.15, 0.2) is 4.52 Å². The Bertz CT molecular complexity index is 387. The van der Waals surface area contributed by atoms with Gasteiger partial charge in [-0.05, 0) is 21.0 Å². The van der Waals surface area contributed by atoms with E-state index < -0.39 is 0 Å². The van der Waals surface area contributed by atoms with Crippen LogP contribution in [0.5, 0.6) is 0 Å². The van der Waals surface area contributed by atoms with E-state index >= 15 is 0 Å². The maximum atomic E-state index is 11.7. The minimum absolute atomic E-state index is 0.00702. The summed E-state index contributed by atoms with van der Waals surface area (Å²) in [6, 6.07) is -0.138. The zero-order valence-electron chi connectivity index (χ0n) is 11.7. The smallest absolute Gasteiger partial charge is 0.237 e. The molecule has 0 bridgehead atoms.